The first-order chi connectivity index (χ1) is 8.79. The van der Waals surface area contributed by atoms with E-state index in [0.29, 0.717) is 5.82 Å². The first-order valence-electron chi connectivity index (χ1n) is 7.06. The van der Waals surface area contributed by atoms with Crippen molar-refractivity contribution in [2.24, 2.45) is 0 Å². The molecule has 0 atom stereocenters. The van der Waals surface area contributed by atoms with Crippen LogP contribution in [0.4, 0.5) is 0 Å². The fraction of sp³-hybridized carbons (Fsp3) is 0.562. The summed E-state index contributed by atoms with van der Waals surface area (Å²) in [7, 11) is 2.28. The number of nitrogens with zero attached hydrogens (tertiary/aromatic N) is 1. The third-order valence-electron chi connectivity index (χ3n) is 3.61. The molecule has 3 heteroatoms. The van der Waals surface area contributed by atoms with Crippen LogP contribution in [0.3, 0.4) is 0 Å². The van der Waals surface area contributed by atoms with Crippen molar-refractivity contribution in [2.45, 2.75) is 58.8 Å². The van der Waals surface area contributed by atoms with E-state index in [1.54, 1.807) is 0 Å². The quantitative estimate of drug-likeness (QED) is 0.758. The highest BCUT2D eigenvalue weighted by atomic mass is 16.2. The lowest BCUT2D eigenvalue weighted by Gasteiger charge is -2.31. The van der Waals surface area contributed by atoms with Gasteiger partial charge in [-0.05, 0) is 32.4 Å². The van der Waals surface area contributed by atoms with Crippen molar-refractivity contribution in [3.63, 3.8) is 0 Å². The molecule has 0 bridgehead atoms. The van der Waals surface area contributed by atoms with Gasteiger partial charge < -0.3 is 4.90 Å². The topological polar surface area (TPSA) is 20.3 Å². The number of carbonyl (C=O) groups is 1. The van der Waals surface area contributed by atoms with Crippen molar-refractivity contribution in [1.82, 2.24) is 4.90 Å². The summed E-state index contributed by atoms with van der Waals surface area (Å²) in [5.74, 6) is 0.754. The summed E-state index contributed by atoms with van der Waals surface area (Å²) in [5.41, 5.74) is 3.18. The summed E-state index contributed by atoms with van der Waals surface area (Å²) in [4.78, 5) is 14.4. The summed E-state index contributed by atoms with van der Waals surface area (Å²) in [5, 5.41) is 0. The number of benzene rings is 1. The van der Waals surface area contributed by atoms with Crippen molar-refractivity contribution < 1.29 is 4.79 Å². The van der Waals surface area contributed by atoms with Crippen LogP contribution < -0.4 is 0 Å². The van der Waals surface area contributed by atoms with Gasteiger partial charge in [0.25, 0.3) is 5.91 Å². The van der Waals surface area contributed by atoms with Gasteiger partial charge in [0.05, 0.1) is 0 Å². The van der Waals surface area contributed by atoms with Gasteiger partial charge in [0, 0.05) is 17.6 Å². The molecular formula is C16H23BNO. The lowest BCUT2D eigenvalue weighted by molar-refractivity contribution is 0.0609. The minimum Gasteiger partial charge on any atom is -0.329 e. The van der Waals surface area contributed by atoms with Crippen molar-refractivity contribution in [3.05, 3.63) is 34.9 Å². The summed E-state index contributed by atoms with van der Waals surface area (Å²) in [6.45, 7) is 11.4. The SMILES string of the molecule is CC(C)[B]Cc1ccc2c(c1)C(=O)N(C(C)(C)C)C2. The van der Waals surface area contributed by atoms with E-state index in [2.05, 4.69) is 60.1 Å². The zero-order valence-corrected chi connectivity index (χ0v) is 12.7. The molecule has 0 aromatic heterocycles. The van der Waals surface area contributed by atoms with Crippen molar-refractivity contribution in [1.29, 1.82) is 0 Å². The molecular weight excluding hydrogens is 233 g/mol. The number of hydrogen-bond acceptors (Lipinski definition) is 1. The van der Waals surface area contributed by atoms with Gasteiger partial charge in [0.2, 0.25) is 0 Å². The molecule has 1 amide bonds. The molecule has 0 N–H and O–H groups in total. The number of rotatable bonds is 3. The van der Waals surface area contributed by atoms with Crippen LogP contribution in [0.5, 0.6) is 0 Å². The Labute approximate surface area is 117 Å². The van der Waals surface area contributed by atoms with E-state index >= 15 is 0 Å². The van der Waals surface area contributed by atoms with Crippen LogP contribution in [-0.4, -0.2) is 23.6 Å². The summed E-state index contributed by atoms with van der Waals surface area (Å²) < 4.78 is 0. The Kier molecular flexibility index (Phi) is 3.75. The van der Waals surface area contributed by atoms with Gasteiger partial charge in [0.15, 0.2) is 0 Å². The number of carbonyl (C=O) groups excluding carboxylic acids is 1. The molecule has 1 radical (unpaired) electrons. The van der Waals surface area contributed by atoms with E-state index in [4.69, 9.17) is 0 Å². The Morgan fingerprint density at radius 2 is 2.00 bits per heavy atom. The van der Waals surface area contributed by atoms with Crippen molar-refractivity contribution in [2.75, 3.05) is 0 Å². The molecule has 2 nitrogen and oxygen atoms in total. The highest BCUT2D eigenvalue weighted by Gasteiger charge is 2.34. The average molecular weight is 256 g/mol. The van der Waals surface area contributed by atoms with E-state index in [9.17, 15) is 4.79 Å². The van der Waals surface area contributed by atoms with Gasteiger partial charge in [-0.2, -0.15) is 0 Å². The molecule has 1 aliphatic rings. The van der Waals surface area contributed by atoms with Crippen molar-refractivity contribution in [3.8, 4) is 0 Å². The molecule has 0 saturated heterocycles. The maximum atomic E-state index is 12.4. The molecule has 0 aliphatic carbocycles. The molecule has 1 aliphatic heterocycles. The van der Waals surface area contributed by atoms with Gasteiger partial charge in [-0.3, -0.25) is 4.79 Å². The fourth-order valence-corrected chi connectivity index (χ4v) is 2.39. The molecule has 0 fully saturated rings. The predicted molar refractivity (Wildman–Crippen MR) is 80.6 cm³/mol. The predicted octanol–water partition coefficient (Wildman–Crippen LogP) is 3.47. The van der Waals surface area contributed by atoms with Crippen LogP contribution in [0.1, 0.15) is 56.1 Å². The third-order valence-corrected chi connectivity index (χ3v) is 3.61. The Morgan fingerprint density at radius 1 is 1.32 bits per heavy atom. The van der Waals surface area contributed by atoms with Crippen LogP contribution in [0.2, 0.25) is 5.82 Å². The molecule has 1 heterocycles. The van der Waals surface area contributed by atoms with Gasteiger partial charge in [-0.1, -0.05) is 43.7 Å². The number of fused-ring (bicyclic) bond motifs is 1. The van der Waals surface area contributed by atoms with Crippen LogP contribution in [0.15, 0.2) is 18.2 Å². The van der Waals surface area contributed by atoms with E-state index < -0.39 is 0 Å². The molecule has 101 valence electrons. The van der Waals surface area contributed by atoms with Crippen LogP contribution in [-0.2, 0) is 12.9 Å². The Balaban J connectivity index is 2.20. The minimum atomic E-state index is -0.111. The highest BCUT2D eigenvalue weighted by Crippen LogP contribution is 2.29. The molecule has 0 spiro atoms. The zero-order valence-electron chi connectivity index (χ0n) is 12.7. The van der Waals surface area contributed by atoms with Crippen LogP contribution >= 0.6 is 0 Å². The van der Waals surface area contributed by atoms with Gasteiger partial charge in [-0.15, -0.1) is 0 Å². The van der Waals surface area contributed by atoms with E-state index in [1.807, 2.05) is 4.90 Å². The van der Waals surface area contributed by atoms with E-state index in [1.165, 1.54) is 5.56 Å². The largest absolute Gasteiger partial charge is 0.329 e. The maximum Gasteiger partial charge on any atom is 0.254 e. The van der Waals surface area contributed by atoms with Gasteiger partial charge in [-0.25, -0.2) is 0 Å². The van der Waals surface area contributed by atoms with E-state index in [-0.39, 0.29) is 11.4 Å². The second-order valence-electron chi connectivity index (χ2n) is 6.74. The summed E-state index contributed by atoms with van der Waals surface area (Å²) >= 11 is 0. The molecule has 0 unspecified atom stereocenters. The molecule has 2 rings (SSSR count). The van der Waals surface area contributed by atoms with Crippen molar-refractivity contribution >= 4 is 13.2 Å². The molecule has 0 saturated carbocycles. The number of amides is 1. The minimum absolute atomic E-state index is 0.111. The summed E-state index contributed by atoms with van der Waals surface area (Å²) in [6, 6.07) is 6.34. The van der Waals surface area contributed by atoms with Crippen LogP contribution in [0.25, 0.3) is 0 Å². The van der Waals surface area contributed by atoms with Crippen LogP contribution in [0, 0.1) is 0 Å². The standard InChI is InChI=1S/C16H23BNO/c1-11(2)17-9-12-6-7-13-10-18(16(3,4)5)15(19)14(13)8-12/h6-8,11H,9-10H2,1-5H3. The van der Waals surface area contributed by atoms with Gasteiger partial charge >= 0.3 is 0 Å². The smallest absolute Gasteiger partial charge is 0.254 e. The monoisotopic (exact) mass is 256 g/mol. The average Bonchev–Trinajstić information content (AvgIpc) is 2.64. The first-order valence-corrected chi connectivity index (χ1v) is 7.06. The molecule has 19 heavy (non-hydrogen) atoms. The lowest BCUT2D eigenvalue weighted by atomic mass is 9.62. The highest BCUT2D eigenvalue weighted by molar-refractivity contribution is 6.36. The Hall–Kier alpha value is -1.25. The maximum absolute atomic E-state index is 12.4. The molecule has 1 aromatic rings. The Morgan fingerprint density at radius 3 is 2.58 bits per heavy atom. The summed E-state index contributed by atoms with van der Waals surface area (Å²) in [6.07, 6.45) is 0.938. The third kappa shape index (κ3) is 3.02. The Bertz CT molecular complexity index is 488. The fourth-order valence-electron chi connectivity index (χ4n) is 2.39. The first kappa shape index (κ1) is 14.2. The second-order valence-corrected chi connectivity index (χ2v) is 6.74. The van der Waals surface area contributed by atoms with Gasteiger partial charge in [0.1, 0.15) is 7.28 Å². The second kappa shape index (κ2) is 5.03. The zero-order chi connectivity index (χ0) is 14.2. The lowest BCUT2D eigenvalue weighted by Crippen LogP contribution is -2.41. The van der Waals surface area contributed by atoms with E-state index in [0.717, 1.165) is 24.0 Å². The normalized spacial score (nSPS) is 15.1. The number of hydrogen-bond donors (Lipinski definition) is 0. The molecule has 1 aromatic carbocycles.